The monoisotopic (exact) mass is 863 g/mol. The molecule has 0 spiro atoms. The summed E-state index contributed by atoms with van der Waals surface area (Å²) in [5.74, 6) is 0.0105. The molecule has 0 heterocycles. The average molecular weight is 863 g/mol. The largest absolute Gasteiger partial charge is 0.462 e. The van der Waals surface area contributed by atoms with E-state index in [1.807, 2.05) is 0 Å². The Hall–Kier alpha value is -1.59. The molecule has 0 radical (unpaired) electrons. The van der Waals surface area contributed by atoms with E-state index in [0.29, 0.717) is 19.3 Å². The van der Waals surface area contributed by atoms with Crippen molar-refractivity contribution in [2.75, 3.05) is 13.2 Å². The Morgan fingerprint density at radius 3 is 0.803 bits per heavy atom. The molecule has 0 saturated carbocycles. The lowest BCUT2D eigenvalue weighted by atomic mass is 10.0. The lowest BCUT2D eigenvalue weighted by Crippen LogP contribution is -2.30. The van der Waals surface area contributed by atoms with Crippen LogP contribution in [0.2, 0.25) is 0 Å². The molecule has 0 aliphatic carbocycles. The van der Waals surface area contributed by atoms with E-state index in [0.717, 1.165) is 63.7 Å². The first kappa shape index (κ1) is 59.4. The molecular formula is C55H106O6. The van der Waals surface area contributed by atoms with Crippen LogP contribution in [-0.4, -0.2) is 37.2 Å². The molecule has 0 rings (SSSR count). The van der Waals surface area contributed by atoms with Crippen molar-refractivity contribution in [3.8, 4) is 0 Å². The van der Waals surface area contributed by atoms with Crippen molar-refractivity contribution in [3.05, 3.63) is 0 Å². The molecule has 0 fully saturated rings. The van der Waals surface area contributed by atoms with Crippen LogP contribution < -0.4 is 0 Å². The van der Waals surface area contributed by atoms with Gasteiger partial charge in [-0.15, -0.1) is 0 Å². The summed E-state index contributed by atoms with van der Waals surface area (Å²) in [5, 5.41) is 0. The van der Waals surface area contributed by atoms with Gasteiger partial charge in [-0.3, -0.25) is 14.4 Å². The first-order valence-electron chi connectivity index (χ1n) is 27.4. The van der Waals surface area contributed by atoms with Crippen LogP contribution >= 0.6 is 0 Å². The Bertz CT molecular complexity index is 918. The fraction of sp³-hybridized carbons (Fsp3) is 0.945. The Labute approximate surface area is 380 Å². The number of carbonyl (C=O) groups is 3. The smallest absolute Gasteiger partial charge is 0.306 e. The minimum Gasteiger partial charge on any atom is -0.462 e. The normalized spacial score (nSPS) is 12.0. The zero-order valence-corrected chi connectivity index (χ0v) is 41.6. The summed E-state index contributed by atoms with van der Waals surface area (Å²) < 4.78 is 16.8. The highest BCUT2D eigenvalue weighted by molar-refractivity contribution is 5.71. The zero-order valence-electron chi connectivity index (χ0n) is 41.6. The molecule has 0 aromatic heterocycles. The van der Waals surface area contributed by atoms with E-state index in [4.69, 9.17) is 14.2 Å². The van der Waals surface area contributed by atoms with Gasteiger partial charge in [0.25, 0.3) is 0 Å². The van der Waals surface area contributed by atoms with Crippen LogP contribution in [0.15, 0.2) is 0 Å². The molecule has 0 aromatic rings. The predicted molar refractivity (Wildman–Crippen MR) is 261 cm³/mol. The number of carbonyl (C=O) groups excluding carboxylic acids is 3. The van der Waals surface area contributed by atoms with Crippen LogP contribution in [0.25, 0.3) is 0 Å². The summed E-state index contributed by atoms with van der Waals surface area (Å²) in [6.07, 6.45) is 52.4. The molecule has 0 saturated heterocycles. The summed E-state index contributed by atoms with van der Waals surface area (Å²) in [5.41, 5.74) is 0. The van der Waals surface area contributed by atoms with Crippen LogP contribution in [0.3, 0.4) is 0 Å². The number of rotatable bonds is 50. The summed E-state index contributed by atoms with van der Waals surface area (Å²) in [6, 6.07) is 0. The van der Waals surface area contributed by atoms with Crippen molar-refractivity contribution >= 4 is 17.9 Å². The van der Waals surface area contributed by atoms with Crippen molar-refractivity contribution in [3.63, 3.8) is 0 Å². The van der Waals surface area contributed by atoms with E-state index in [1.165, 1.54) is 205 Å². The molecule has 362 valence electrons. The third-order valence-corrected chi connectivity index (χ3v) is 12.5. The Morgan fingerprint density at radius 1 is 0.311 bits per heavy atom. The van der Waals surface area contributed by atoms with E-state index in [-0.39, 0.29) is 31.1 Å². The van der Waals surface area contributed by atoms with Crippen molar-refractivity contribution in [2.24, 2.45) is 5.92 Å². The Morgan fingerprint density at radius 2 is 0.541 bits per heavy atom. The van der Waals surface area contributed by atoms with Gasteiger partial charge in [-0.1, -0.05) is 272 Å². The van der Waals surface area contributed by atoms with Gasteiger partial charge in [0.2, 0.25) is 0 Å². The maximum Gasteiger partial charge on any atom is 0.306 e. The van der Waals surface area contributed by atoms with Crippen LogP contribution in [0.1, 0.15) is 310 Å². The molecule has 0 amide bonds. The zero-order chi connectivity index (χ0) is 44.5. The number of esters is 3. The van der Waals surface area contributed by atoms with E-state index < -0.39 is 6.10 Å². The molecule has 0 aliphatic heterocycles. The molecule has 0 bridgehead atoms. The Balaban J connectivity index is 4.21. The average Bonchev–Trinajstić information content (AvgIpc) is 3.24. The van der Waals surface area contributed by atoms with E-state index in [1.54, 1.807) is 0 Å². The van der Waals surface area contributed by atoms with E-state index >= 15 is 0 Å². The van der Waals surface area contributed by atoms with Crippen LogP contribution in [0, 0.1) is 5.92 Å². The first-order chi connectivity index (χ1) is 29.9. The maximum absolute atomic E-state index is 12.8. The van der Waals surface area contributed by atoms with Gasteiger partial charge in [0.1, 0.15) is 13.2 Å². The molecule has 0 unspecified atom stereocenters. The number of ether oxygens (including phenoxy) is 3. The van der Waals surface area contributed by atoms with Gasteiger partial charge in [0.15, 0.2) is 6.10 Å². The second-order valence-corrected chi connectivity index (χ2v) is 19.3. The van der Waals surface area contributed by atoms with E-state index in [9.17, 15) is 14.4 Å². The molecule has 1 atom stereocenters. The first-order valence-corrected chi connectivity index (χ1v) is 27.4. The van der Waals surface area contributed by atoms with Gasteiger partial charge >= 0.3 is 17.9 Å². The third kappa shape index (κ3) is 49.3. The van der Waals surface area contributed by atoms with E-state index in [2.05, 4.69) is 27.7 Å². The topological polar surface area (TPSA) is 78.9 Å². The van der Waals surface area contributed by atoms with Crippen LogP contribution in [-0.2, 0) is 28.6 Å². The number of hydrogen-bond acceptors (Lipinski definition) is 6. The highest BCUT2D eigenvalue weighted by Gasteiger charge is 2.19. The molecule has 0 aliphatic rings. The molecule has 61 heavy (non-hydrogen) atoms. The van der Waals surface area contributed by atoms with Crippen molar-refractivity contribution < 1.29 is 28.6 Å². The summed E-state index contributed by atoms with van der Waals surface area (Å²) >= 11 is 0. The van der Waals surface area contributed by atoms with Crippen molar-refractivity contribution in [1.82, 2.24) is 0 Å². The molecule has 0 N–H and O–H groups in total. The van der Waals surface area contributed by atoms with Gasteiger partial charge < -0.3 is 14.2 Å². The molecule has 6 nitrogen and oxygen atoms in total. The van der Waals surface area contributed by atoms with Gasteiger partial charge in [-0.25, -0.2) is 0 Å². The predicted octanol–water partition coefficient (Wildman–Crippen LogP) is 17.8. The van der Waals surface area contributed by atoms with Gasteiger partial charge in [-0.05, 0) is 25.2 Å². The maximum atomic E-state index is 12.8. The second-order valence-electron chi connectivity index (χ2n) is 19.3. The molecule has 0 aromatic carbocycles. The lowest BCUT2D eigenvalue weighted by molar-refractivity contribution is -0.167. The molecule has 6 heteroatoms. The quantitative estimate of drug-likeness (QED) is 0.0344. The fourth-order valence-electron chi connectivity index (χ4n) is 8.39. The summed E-state index contributed by atoms with van der Waals surface area (Å²) in [4.78, 5) is 37.9. The second kappa shape index (κ2) is 49.4. The van der Waals surface area contributed by atoms with Gasteiger partial charge in [-0.2, -0.15) is 0 Å². The number of unbranched alkanes of at least 4 members (excludes halogenated alkanes) is 37. The minimum atomic E-state index is -0.760. The summed E-state index contributed by atoms with van der Waals surface area (Å²) in [7, 11) is 0. The van der Waals surface area contributed by atoms with Crippen LogP contribution in [0.4, 0.5) is 0 Å². The fourth-order valence-corrected chi connectivity index (χ4v) is 8.39. The third-order valence-electron chi connectivity index (χ3n) is 12.5. The van der Waals surface area contributed by atoms with Crippen molar-refractivity contribution in [1.29, 1.82) is 0 Å². The Kier molecular flexibility index (Phi) is 48.1. The lowest BCUT2D eigenvalue weighted by Gasteiger charge is -2.18. The highest BCUT2D eigenvalue weighted by atomic mass is 16.6. The minimum absolute atomic E-state index is 0.0623. The van der Waals surface area contributed by atoms with Crippen LogP contribution in [0.5, 0.6) is 0 Å². The SMILES string of the molecule is CCCCCCCCCCCCCCCCCC(=O)O[C@@H](COC(=O)CCCCCCCCCCC)COC(=O)CCCCCCCCCCCCCCCCCCC(C)C. The standard InChI is InChI=1S/C55H106O6/c1-5-7-9-11-13-15-16-17-20-25-28-32-36-40-44-48-55(58)61-52(49-59-53(56)46-42-38-34-29-14-12-10-8-6-2)50-60-54(57)47-43-39-35-31-27-24-22-19-18-21-23-26-30-33-37-41-45-51(3)4/h51-52H,5-50H2,1-4H3/t52-/m0/s1. The molecular weight excluding hydrogens is 757 g/mol. The van der Waals surface area contributed by atoms with Gasteiger partial charge in [0.05, 0.1) is 0 Å². The summed E-state index contributed by atoms with van der Waals surface area (Å²) in [6.45, 7) is 9.04. The highest BCUT2D eigenvalue weighted by Crippen LogP contribution is 2.17. The number of hydrogen-bond donors (Lipinski definition) is 0. The van der Waals surface area contributed by atoms with Gasteiger partial charge in [0, 0.05) is 19.3 Å². The van der Waals surface area contributed by atoms with Crippen molar-refractivity contribution in [2.45, 2.75) is 316 Å².